The van der Waals surface area contributed by atoms with E-state index in [1.807, 2.05) is 29.1 Å². The lowest BCUT2D eigenvalue weighted by Crippen LogP contribution is -2.13. The van der Waals surface area contributed by atoms with Crippen molar-refractivity contribution in [2.24, 2.45) is 0 Å². The van der Waals surface area contributed by atoms with Gasteiger partial charge in [0.05, 0.1) is 6.10 Å². The summed E-state index contributed by atoms with van der Waals surface area (Å²) in [5.41, 5.74) is 0. The summed E-state index contributed by atoms with van der Waals surface area (Å²) in [5.74, 6) is 0. The average molecular weight is 153 g/mol. The van der Waals surface area contributed by atoms with Crippen molar-refractivity contribution >= 4 is 0 Å². The normalized spacial score (nSPS) is 13.3. The van der Waals surface area contributed by atoms with Gasteiger partial charge in [0, 0.05) is 18.9 Å². The molecule has 1 heterocycles. The van der Waals surface area contributed by atoms with Crippen molar-refractivity contribution in [1.29, 1.82) is 0 Å². The van der Waals surface area contributed by atoms with Crippen LogP contribution in [0.5, 0.6) is 0 Å². The van der Waals surface area contributed by atoms with E-state index in [9.17, 15) is 5.11 Å². The van der Waals surface area contributed by atoms with Crippen LogP contribution in [0.4, 0.5) is 0 Å². The SMILES string of the molecule is CCCC(O)Cn1cccc1. The predicted octanol–water partition coefficient (Wildman–Crippen LogP) is 1.65. The number of hydrogen-bond acceptors (Lipinski definition) is 1. The second kappa shape index (κ2) is 4.19. The quantitative estimate of drug-likeness (QED) is 0.699. The molecule has 0 aliphatic heterocycles. The van der Waals surface area contributed by atoms with E-state index in [2.05, 4.69) is 6.92 Å². The average Bonchev–Trinajstić information content (AvgIpc) is 2.40. The van der Waals surface area contributed by atoms with Crippen LogP contribution in [0.3, 0.4) is 0 Å². The monoisotopic (exact) mass is 153 g/mol. The van der Waals surface area contributed by atoms with Gasteiger partial charge in [-0.05, 0) is 18.6 Å². The zero-order valence-electron chi connectivity index (χ0n) is 6.90. The third-order valence-corrected chi connectivity index (χ3v) is 1.71. The van der Waals surface area contributed by atoms with Gasteiger partial charge < -0.3 is 9.67 Å². The molecule has 0 aliphatic carbocycles. The summed E-state index contributed by atoms with van der Waals surface area (Å²) in [7, 11) is 0. The number of rotatable bonds is 4. The third kappa shape index (κ3) is 2.76. The third-order valence-electron chi connectivity index (χ3n) is 1.71. The molecule has 1 unspecified atom stereocenters. The van der Waals surface area contributed by atoms with Crippen molar-refractivity contribution in [3.63, 3.8) is 0 Å². The fraction of sp³-hybridized carbons (Fsp3) is 0.556. The lowest BCUT2D eigenvalue weighted by atomic mass is 10.2. The summed E-state index contributed by atoms with van der Waals surface area (Å²) in [6.07, 6.45) is 5.69. The van der Waals surface area contributed by atoms with Gasteiger partial charge in [0.25, 0.3) is 0 Å². The molecule has 0 amide bonds. The molecule has 11 heavy (non-hydrogen) atoms. The van der Waals surface area contributed by atoms with Gasteiger partial charge in [-0.1, -0.05) is 13.3 Å². The van der Waals surface area contributed by atoms with Crippen molar-refractivity contribution < 1.29 is 5.11 Å². The minimum absolute atomic E-state index is 0.188. The number of nitrogens with zero attached hydrogens (tertiary/aromatic N) is 1. The minimum Gasteiger partial charge on any atom is -0.391 e. The molecular weight excluding hydrogens is 138 g/mol. The zero-order valence-corrected chi connectivity index (χ0v) is 6.90. The van der Waals surface area contributed by atoms with Crippen LogP contribution in [-0.2, 0) is 6.54 Å². The predicted molar refractivity (Wildman–Crippen MR) is 45.3 cm³/mol. The summed E-state index contributed by atoms with van der Waals surface area (Å²) < 4.78 is 2.00. The van der Waals surface area contributed by atoms with E-state index in [0.29, 0.717) is 0 Å². The highest BCUT2D eigenvalue weighted by Gasteiger charge is 2.01. The van der Waals surface area contributed by atoms with Gasteiger partial charge in [-0.15, -0.1) is 0 Å². The van der Waals surface area contributed by atoms with E-state index in [4.69, 9.17) is 0 Å². The Morgan fingerprint density at radius 2 is 2.00 bits per heavy atom. The summed E-state index contributed by atoms with van der Waals surface area (Å²) in [5, 5.41) is 9.40. The first-order valence-electron chi connectivity index (χ1n) is 4.11. The Morgan fingerprint density at radius 1 is 1.36 bits per heavy atom. The molecule has 1 N–H and O–H groups in total. The molecule has 0 aliphatic rings. The first-order chi connectivity index (χ1) is 5.33. The molecule has 0 fully saturated rings. The first-order valence-corrected chi connectivity index (χ1v) is 4.11. The second-order valence-electron chi connectivity index (χ2n) is 2.82. The van der Waals surface area contributed by atoms with Crippen LogP contribution in [-0.4, -0.2) is 15.8 Å². The van der Waals surface area contributed by atoms with Crippen LogP contribution in [0.25, 0.3) is 0 Å². The van der Waals surface area contributed by atoms with E-state index in [1.54, 1.807) is 0 Å². The summed E-state index contributed by atoms with van der Waals surface area (Å²) in [4.78, 5) is 0. The van der Waals surface area contributed by atoms with Crippen molar-refractivity contribution in [2.45, 2.75) is 32.4 Å². The maximum absolute atomic E-state index is 9.40. The van der Waals surface area contributed by atoms with E-state index >= 15 is 0 Å². The summed E-state index contributed by atoms with van der Waals surface area (Å²) >= 11 is 0. The summed E-state index contributed by atoms with van der Waals surface area (Å²) in [6, 6.07) is 3.94. The maximum Gasteiger partial charge on any atom is 0.0718 e. The van der Waals surface area contributed by atoms with Gasteiger partial charge in [0.15, 0.2) is 0 Å². The second-order valence-corrected chi connectivity index (χ2v) is 2.82. The van der Waals surface area contributed by atoms with Crippen LogP contribution in [0.15, 0.2) is 24.5 Å². The first kappa shape index (κ1) is 8.34. The summed E-state index contributed by atoms with van der Waals surface area (Å²) in [6.45, 7) is 2.81. The maximum atomic E-state index is 9.40. The van der Waals surface area contributed by atoms with Gasteiger partial charge in [0.2, 0.25) is 0 Å². The zero-order chi connectivity index (χ0) is 8.10. The topological polar surface area (TPSA) is 25.2 Å². The van der Waals surface area contributed by atoms with Crippen molar-refractivity contribution in [1.82, 2.24) is 4.57 Å². The Hall–Kier alpha value is -0.760. The standard InChI is InChI=1S/C9H15NO/c1-2-5-9(11)8-10-6-3-4-7-10/h3-4,6-7,9,11H,2,5,8H2,1H3. The molecule has 1 aromatic rings. The molecule has 0 bridgehead atoms. The molecular formula is C9H15NO. The lowest BCUT2D eigenvalue weighted by Gasteiger charge is -2.09. The molecule has 0 saturated heterocycles. The molecule has 2 nitrogen and oxygen atoms in total. The lowest BCUT2D eigenvalue weighted by molar-refractivity contribution is 0.143. The molecule has 0 aromatic carbocycles. The number of aliphatic hydroxyl groups is 1. The van der Waals surface area contributed by atoms with E-state index in [0.717, 1.165) is 19.4 Å². The van der Waals surface area contributed by atoms with Crippen molar-refractivity contribution in [3.8, 4) is 0 Å². The molecule has 1 atom stereocenters. The molecule has 0 spiro atoms. The van der Waals surface area contributed by atoms with Gasteiger partial charge in [-0.3, -0.25) is 0 Å². The van der Waals surface area contributed by atoms with Gasteiger partial charge in [-0.25, -0.2) is 0 Å². The van der Waals surface area contributed by atoms with Gasteiger partial charge in [0.1, 0.15) is 0 Å². The molecule has 62 valence electrons. The number of aromatic nitrogens is 1. The molecule has 1 aromatic heterocycles. The van der Waals surface area contributed by atoms with Crippen LogP contribution < -0.4 is 0 Å². The smallest absolute Gasteiger partial charge is 0.0718 e. The molecule has 0 radical (unpaired) electrons. The van der Waals surface area contributed by atoms with Crippen LogP contribution >= 0.6 is 0 Å². The fourth-order valence-electron chi connectivity index (χ4n) is 1.16. The van der Waals surface area contributed by atoms with Crippen molar-refractivity contribution in [3.05, 3.63) is 24.5 Å². The van der Waals surface area contributed by atoms with E-state index < -0.39 is 0 Å². The van der Waals surface area contributed by atoms with Crippen LogP contribution in [0, 0.1) is 0 Å². The van der Waals surface area contributed by atoms with Gasteiger partial charge in [-0.2, -0.15) is 0 Å². The van der Waals surface area contributed by atoms with Crippen LogP contribution in [0.2, 0.25) is 0 Å². The van der Waals surface area contributed by atoms with Crippen LogP contribution in [0.1, 0.15) is 19.8 Å². The van der Waals surface area contributed by atoms with Crippen molar-refractivity contribution in [2.75, 3.05) is 0 Å². The minimum atomic E-state index is -0.188. The van der Waals surface area contributed by atoms with E-state index in [1.165, 1.54) is 0 Å². The molecule has 1 rings (SSSR count). The Bertz CT molecular complexity index is 181. The molecule has 2 heteroatoms. The Morgan fingerprint density at radius 3 is 2.55 bits per heavy atom. The fourth-order valence-corrected chi connectivity index (χ4v) is 1.16. The number of aliphatic hydroxyl groups excluding tert-OH is 1. The Balaban J connectivity index is 2.31. The van der Waals surface area contributed by atoms with E-state index in [-0.39, 0.29) is 6.10 Å². The highest BCUT2D eigenvalue weighted by atomic mass is 16.3. The molecule has 0 saturated carbocycles. The van der Waals surface area contributed by atoms with Gasteiger partial charge >= 0.3 is 0 Å². The Kier molecular flexibility index (Phi) is 3.17. The number of hydrogen-bond donors (Lipinski definition) is 1. The largest absolute Gasteiger partial charge is 0.391 e. The highest BCUT2D eigenvalue weighted by Crippen LogP contribution is 2.00. The Labute approximate surface area is 67.5 Å². The highest BCUT2D eigenvalue weighted by molar-refractivity contribution is 4.90.